The molecule has 0 saturated carbocycles. The molecule has 1 aromatic carbocycles. The van der Waals surface area contributed by atoms with Gasteiger partial charge in [-0.05, 0) is 88.4 Å². The Bertz CT molecular complexity index is 944. The molecular formula is C25H35N3O3. The molecule has 0 radical (unpaired) electrons. The van der Waals surface area contributed by atoms with E-state index in [-0.39, 0.29) is 0 Å². The van der Waals surface area contributed by atoms with E-state index in [0.29, 0.717) is 19.0 Å². The summed E-state index contributed by atoms with van der Waals surface area (Å²) in [5, 5.41) is 0. The van der Waals surface area contributed by atoms with Crippen molar-refractivity contribution < 1.29 is 14.3 Å². The molecule has 0 aliphatic carbocycles. The van der Waals surface area contributed by atoms with Crippen LogP contribution in [-0.2, 0) is 15.9 Å². The molecule has 0 N–H and O–H groups in total. The van der Waals surface area contributed by atoms with Crippen LogP contribution in [-0.4, -0.2) is 43.0 Å². The van der Waals surface area contributed by atoms with Gasteiger partial charge in [-0.25, -0.2) is 14.7 Å². The predicted molar refractivity (Wildman–Crippen MR) is 126 cm³/mol. The largest absolute Gasteiger partial charge is 0.443 e. The molecule has 1 aromatic heterocycles. The normalized spacial score (nSPS) is 14.5. The van der Waals surface area contributed by atoms with Gasteiger partial charge in [0.25, 0.3) is 0 Å². The number of benzene rings is 1. The number of ether oxygens (including phenoxy) is 2. The van der Waals surface area contributed by atoms with E-state index >= 15 is 0 Å². The van der Waals surface area contributed by atoms with Crippen LogP contribution in [0.15, 0.2) is 24.4 Å². The third-order valence-electron chi connectivity index (χ3n) is 5.66. The first-order valence-electron chi connectivity index (χ1n) is 11.0. The fourth-order valence-corrected chi connectivity index (χ4v) is 3.66. The van der Waals surface area contributed by atoms with Gasteiger partial charge in [0.2, 0.25) is 0 Å². The van der Waals surface area contributed by atoms with Crippen molar-refractivity contribution >= 4 is 23.3 Å². The number of amides is 1. The molecule has 0 unspecified atom stereocenters. The summed E-state index contributed by atoms with van der Waals surface area (Å²) >= 11 is 0. The Morgan fingerprint density at radius 1 is 1.13 bits per heavy atom. The Labute approximate surface area is 186 Å². The second-order valence-electron chi connectivity index (χ2n) is 9.14. The molecule has 1 amide bonds. The summed E-state index contributed by atoms with van der Waals surface area (Å²) in [5.74, 6) is 0.610. The van der Waals surface area contributed by atoms with Gasteiger partial charge in [0, 0.05) is 25.0 Å². The molecule has 1 saturated heterocycles. The van der Waals surface area contributed by atoms with Crippen LogP contribution in [0, 0.1) is 20.8 Å². The molecule has 1 aliphatic heterocycles. The fraction of sp³-hybridized carbons (Fsp3) is 0.520. The number of hydrogen-bond donors (Lipinski definition) is 0. The lowest BCUT2D eigenvalue weighted by Crippen LogP contribution is -2.37. The molecule has 0 atom stereocenters. The van der Waals surface area contributed by atoms with Crippen LogP contribution in [0.2, 0.25) is 0 Å². The summed E-state index contributed by atoms with van der Waals surface area (Å²) in [6.45, 7) is 16.9. The van der Waals surface area contributed by atoms with E-state index in [4.69, 9.17) is 9.47 Å². The van der Waals surface area contributed by atoms with Crippen LogP contribution in [0.4, 0.5) is 22.0 Å². The Morgan fingerprint density at radius 3 is 2.42 bits per heavy atom. The molecule has 6 heteroatoms. The summed E-state index contributed by atoms with van der Waals surface area (Å²) in [7, 11) is 0. The number of hydrogen-bond acceptors (Lipinski definition) is 5. The van der Waals surface area contributed by atoms with E-state index < -0.39 is 11.7 Å². The summed E-state index contributed by atoms with van der Waals surface area (Å²) in [6.07, 6.45) is 2.27. The molecule has 1 fully saturated rings. The van der Waals surface area contributed by atoms with Crippen LogP contribution in [0.3, 0.4) is 0 Å². The standard InChI is InChI=1S/C25H35N3O3/c1-8-20-13-21(27-9-11-30-12-10-27)15-22(14-20)28(24(29)31-25(5,6)7)23-19(4)18(3)17(2)16-26-23/h13-16H,8-12H2,1-7H3. The minimum atomic E-state index is -0.613. The van der Waals surface area contributed by atoms with Crippen molar-refractivity contribution in [3.8, 4) is 0 Å². The molecule has 168 valence electrons. The van der Waals surface area contributed by atoms with Gasteiger partial charge in [-0.2, -0.15) is 0 Å². The average Bonchev–Trinajstić information content (AvgIpc) is 2.73. The monoisotopic (exact) mass is 425 g/mol. The molecule has 1 aliphatic rings. The van der Waals surface area contributed by atoms with Crippen LogP contribution < -0.4 is 9.80 Å². The smallest absolute Gasteiger partial charge is 0.420 e. The van der Waals surface area contributed by atoms with Crippen molar-refractivity contribution in [3.63, 3.8) is 0 Å². The van der Waals surface area contributed by atoms with E-state index in [9.17, 15) is 4.79 Å². The number of carbonyl (C=O) groups is 1. The van der Waals surface area contributed by atoms with Gasteiger partial charge < -0.3 is 14.4 Å². The van der Waals surface area contributed by atoms with E-state index in [2.05, 4.69) is 41.9 Å². The molecule has 0 bridgehead atoms. The maximum absolute atomic E-state index is 13.4. The van der Waals surface area contributed by atoms with Gasteiger partial charge in [-0.3, -0.25) is 0 Å². The minimum absolute atomic E-state index is 0.424. The maximum atomic E-state index is 13.4. The highest BCUT2D eigenvalue weighted by molar-refractivity contribution is 5.96. The Hall–Kier alpha value is -2.60. The van der Waals surface area contributed by atoms with E-state index in [1.54, 1.807) is 4.90 Å². The van der Waals surface area contributed by atoms with Crippen molar-refractivity contribution in [2.75, 3.05) is 36.1 Å². The second-order valence-corrected chi connectivity index (χ2v) is 9.14. The second kappa shape index (κ2) is 9.27. The van der Waals surface area contributed by atoms with Crippen LogP contribution >= 0.6 is 0 Å². The van der Waals surface area contributed by atoms with E-state index in [1.165, 1.54) is 0 Å². The number of carbonyl (C=O) groups excluding carboxylic acids is 1. The average molecular weight is 426 g/mol. The zero-order valence-corrected chi connectivity index (χ0v) is 19.9. The van der Waals surface area contributed by atoms with Crippen molar-refractivity contribution in [1.29, 1.82) is 0 Å². The van der Waals surface area contributed by atoms with Crippen LogP contribution in [0.1, 0.15) is 49.9 Å². The highest BCUT2D eigenvalue weighted by Crippen LogP contribution is 2.34. The molecule has 31 heavy (non-hydrogen) atoms. The summed E-state index contributed by atoms with van der Waals surface area (Å²) < 4.78 is 11.3. The zero-order valence-electron chi connectivity index (χ0n) is 19.9. The topological polar surface area (TPSA) is 54.9 Å². The fourth-order valence-electron chi connectivity index (χ4n) is 3.66. The number of aromatic nitrogens is 1. The first kappa shape index (κ1) is 23.1. The quantitative estimate of drug-likeness (QED) is 0.649. The SMILES string of the molecule is CCc1cc(N2CCOCC2)cc(N(C(=O)OC(C)(C)C)c2ncc(C)c(C)c2C)c1. The number of rotatable bonds is 4. The summed E-state index contributed by atoms with van der Waals surface area (Å²) in [4.78, 5) is 22.0. The summed E-state index contributed by atoms with van der Waals surface area (Å²) in [6, 6.07) is 6.32. The van der Waals surface area contributed by atoms with Crippen molar-refractivity contribution in [2.45, 2.75) is 60.5 Å². The van der Waals surface area contributed by atoms with Crippen molar-refractivity contribution in [3.05, 3.63) is 46.6 Å². The lowest BCUT2D eigenvalue weighted by Gasteiger charge is -2.32. The van der Waals surface area contributed by atoms with Gasteiger partial charge in [0.15, 0.2) is 0 Å². The zero-order chi connectivity index (χ0) is 22.8. The molecule has 0 spiro atoms. The Balaban J connectivity index is 2.15. The number of anilines is 3. The number of pyridine rings is 1. The number of aryl methyl sites for hydroxylation is 2. The van der Waals surface area contributed by atoms with Gasteiger partial charge in [0.1, 0.15) is 11.4 Å². The maximum Gasteiger partial charge on any atom is 0.420 e. The Morgan fingerprint density at radius 2 is 1.81 bits per heavy atom. The van der Waals surface area contributed by atoms with Gasteiger partial charge in [-0.1, -0.05) is 6.92 Å². The summed E-state index contributed by atoms with van der Waals surface area (Å²) in [5.41, 5.74) is 5.61. The lowest BCUT2D eigenvalue weighted by atomic mass is 10.1. The molecular weight excluding hydrogens is 390 g/mol. The van der Waals surface area contributed by atoms with Crippen molar-refractivity contribution in [2.24, 2.45) is 0 Å². The molecule has 2 aromatic rings. The molecule has 6 nitrogen and oxygen atoms in total. The highest BCUT2D eigenvalue weighted by atomic mass is 16.6. The Kier molecular flexibility index (Phi) is 6.90. The van der Waals surface area contributed by atoms with Gasteiger partial charge in [0.05, 0.1) is 18.9 Å². The number of nitrogens with zero attached hydrogens (tertiary/aromatic N) is 3. The molecule has 2 heterocycles. The highest BCUT2D eigenvalue weighted by Gasteiger charge is 2.28. The molecule has 3 rings (SSSR count). The van der Waals surface area contributed by atoms with Crippen LogP contribution in [0.5, 0.6) is 0 Å². The van der Waals surface area contributed by atoms with Gasteiger partial charge >= 0.3 is 6.09 Å². The first-order valence-corrected chi connectivity index (χ1v) is 11.0. The van der Waals surface area contributed by atoms with Gasteiger partial charge in [-0.15, -0.1) is 0 Å². The van der Waals surface area contributed by atoms with Crippen molar-refractivity contribution in [1.82, 2.24) is 4.98 Å². The first-order chi connectivity index (χ1) is 14.6. The van der Waals surface area contributed by atoms with Crippen LogP contribution in [0.25, 0.3) is 0 Å². The van der Waals surface area contributed by atoms with E-state index in [0.717, 1.165) is 53.1 Å². The predicted octanol–water partition coefficient (Wildman–Crippen LogP) is 5.48. The lowest BCUT2D eigenvalue weighted by molar-refractivity contribution is 0.0598. The number of morpholine rings is 1. The third kappa shape index (κ3) is 5.37. The third-order valence-corrected chi connectivity index (χ3v) is 5.66. The minimum Gasteiger partial charge on any atom is -0.443 e. The van der Waals surface area contributed by atoms with E-state index in [1.807, 2.05) is 40.8 Å².